The van der Waals surface area contributed by atoms with Crippen molar-refractivity contribution in [2.24, 2.45) is 0 Å². The first-order valence-corrected chi connectivity index (χ1v) is 7.60. The fourth-order valence-corrected chi connectivity index (χ4v) is 3.08. The van der Waals surface area contributed by atoms with E-state index in [2.05, 4.69) is 20.2 Å². The molecule has 0 unspecified atom stereocenters. The van der Waals surface area contributed by atoms with Gasteiger partial charge in [0, 0.05) is 0 Å². The minimum atomic E-state index is -1.15. The van der Waals surface area contributed by atoms with Gasteiger partial charge in [0.25, 0.3) is 0 Å². The first-order chi connectivity index (χ1) is 10.2. The third-order valence-corrected chi connectivity index (χ3v) is 4.30. The van der Waals surface area contributed by atoms with Crippen molar-refractivity contribution in [2.75, 3.05) is 12.4 Å². The van der Waals surface area contributed by atoms with Gasteiger partial charge in [0.05, 0.1) is 12.3 Å². The highest BCUT2D eigenvalue weighted by atomic mass is 32.2. The molecule has 4 N–H and O–H groups in total. The number of fused-ring (bicyclic) bond motifs is 1. The van der Waals surface area contributed by atoms with Crippen LogP contribution in [-0.2, 0) is 4.74 Å². The molecule has 1 aliphatic rings. The predicted molar refractivity (Wildman–Crippen MR) is 74.8 cm³/mol. The highest BCUT2D eigenvalue weighted by molar-refractivity contribution is 7.99. The number of rotatable bonds is 4. The van der Waals surface area contributed by atoms with E-state index >= 15 is 0 Å². The quantitative estimate of drug-likeness (QED) is 0.445. The summed E-state index contributed by atoms with van der Waals surface area (Å²) >= 11 is 1.54. The van der Waals surface area contributed by atoms with E-state index in [1.54, 1.807) is 11.8 Å². The van der Waals surface area contributed by atoms with E-state index in [1.807, 2.05) is 6.92 Å². The van der Waals surface area contributed by atoms with Gasteiger partial charge < -0.3 is 20.1 Å². The van der Waals surface area contributed by atoms with Crippen molar-refractivity contribution in [3.8, 4) is 0 Å². The first-order valence-electron chi connectivity index (χ1n) is 6.61. The van der Waals surface area contributed by atoms with Crippen LogP contribution in [-0.4, -0.2) is 66.2 Å². The molecule has 2 aromatic heterocycles. The summed E-state index contributed by atoms with van der Waals surface area (Å²) in [5.41, 5.74) is 1.64. The van der Waals surface area contributed by atoms with Gasteiger partial charge in [-0.15, -0.1) is 11.8 Å². The monoisotopic (exact) mass is 312 g/mol. The molecule has 3 rings (SSSR count). The highest BCUT2D eigenvalue weighted by Crippen LogP contribution is 2.36. The number of aromatic amines is 1. The van der Waals surface area contributed by atoms with Crippen LogP contribution >= 0.6 is 11.8 Å². The Labute approximate surface area is 124 Å². The number of aromatic nitrogens is 4. The predicted octanol–water partition coefficient (Wildman–Crippen LogP) is -0.381. The first kappa shape index (κ1) is 14.7. The largest absolute Gasteiger partial charge is 0.394 e. The summed E-state index contributed by atoms with van der Waals surface area (Å²) in [6.45, 7) is 1.64. The Kier molecular flexibility index (Phi) is 4.09. The van der Waals surface area contributed by atoms with Crippen molar-refractivity contribution in [1.82, 2.24) is 20.2 Å². The lowest BCUT2D eigenvalue weighted by atomic mass is 10.1. The van der Waals surface area contributed by atoms with Crippen LogP contribution in [0.25, 0.3) is 11.0 Å². The zero-order chi connectivity index (χ0) is 15.0. The molecule has 21 heavy (non-hydrogen) atoms. The Hall–Kier alpha value is -1.26. The molecule has 3 heterocycles. The van der Waals surface area contributed by atoms with Gasteiger partial charge >= 0.3 is 0 Å². The molecule has 1 aliphatic heterocycles. The summed E-state index contributed by atoms with van der Waals surface area (Å²) in [5, 5.41) is 36.8. The molecule has 0 amide bonds. The number of nitrogens with zero attached hydrogens (tertiary/aromatic N) is 3. The summed E-state index contributed by atoms with van der Waals surface area (Å²) in [4.78, 5) is 8.36. The summed E-state index contributed by atoms with van der Waals surface area (Å²) < 4.78 is 5.50. The number of ether oxygens (including phenoxy) is 1. The van der Waals surface area contributed by atoms with Crippen LogP contribution in [0.4, 0.5) is 0 Å². The van der Waals surface area contributed by atoms with Gasteiger partial charge in [-0.3, -0.25) is 5.10 Å². The number of hydrogen-bond acceptors (Lipinski definition) is 8. The highest BCUT2D eigenvalue weighted by Gasteiger charge is 2.44. The van der Waals surface area contributed by atoms with Crippen LogP contribution < -0.4 is 0 Å². The van der Waals surface area contributed by atoms with Gasteiger partial charge in [-0.1, -0.05) is 6.92 Å². The van der Waals surface area contributed by atoms with Crippen LogP contribution in [0.1, 0.15) is 18.7 Å². The van der Waals surface area contributed by atoms with Gasteiger partial charge in [0.2, 0.25) is 0 Å². The third kappa shape index (κ3) is 2.40. The van der Waals surface area contributed by atoms with Crippen molar-refractivity contribution < 1.29 is 20.1 Å². The van der Waals surface area contributed by atoms with E-state index in [9.17, 15) is 10.2 Å². The average Bonchev–Trinajstić information content (AvgIpc) is 3.03. The maximum atomic E-state index is 10.1. The Morgan fingerprint density at radius 1 is 1.29 bits per heavy atom. The van der Waals surface area contributed by atoms with Crippen molar-refractivity contribution in [2.45, 2.75) is 36.4 Å². The zero-order valence-corrected chi connectivity index (χ0v) is 12.1. The molecule has 4 atom stereocenters. The molecular weight excluding hydrogens is 296 g/mol. The Morgan fingerprint density at radius 3 is 2.76 bits per heavy atom. The summed E-state index contributed by atoms with van der Waals surface area (Å²) in [6.07, 6.45) is -2.50. The van der Waals surface area contributed by atoms with Gasteiger partial charge in [-0.2, -0.15) is 5.10 Å². The topological polar surface area (TPSA) is 124 Å². The average molecular weight is 312 g/mol. The van der Waals surface area contributed by atoms with E-state index in [-0.39, 0.29) is 6.61 Å². The lowest BCUT2D eigenvalue weighted by molar-refractivity contribution is -0.0236. The number of hydrogen-bond donors (Lipinski definition) is 4. The van der Waals surface area contributed by atoms with Crippen molar-refractivity contribution in [3.63, 3.8) is 0 Å². The normalized spacial score (nSPS) is 29.3. The molecule has 1 saturated heterocycles. The SMILES string of the molecule is CCSc1ncnc2c([C@@H]3O[C@H](CO)[C@@H](O)[C@H]3O)[nH]nc12. The lowest BCUT2D eigenvalue weighted by Gasteiger charge is -2.12. The molecule has 0 spiro atoms. The van der Waals surface area contributed by atoms with Gasteiger partial charge in [0.15, 0.2) is 0 Å². The van der Waals surface area contributed by atoms with Crippen LogP contribution in [0, 0.1) is 0 Å². The minimum Gasteiger partial charge on any atom is -0.394 e. The van der Waals surface area contributed by atoms with Crippen molar-refractivity contribution in [3.05, 3.63) is 12.0 Å². The second-order valence-electron chi connectivity index (χ2n) is 4.71. The van der Waals surface area contributed by atoms with Crippen molar-refractivity contribution >= 4 is 22.8 Å². The maximum Gasteiger partial charge on any atom is 0.143 e. The molecule has 0 radical (unpaired) electrons. The summed E-state index contributed by atoms with van der Waals surface area (Å²) in [7, 11) is 0. The Bertz CT molecular complexity index is 637. The second-order valence-corrected chi connectivity index (χ2v) is 5.96. The number of nitrogens with one attached hydrogen (secondary N) is 1. The summed E-state index contributed by atoms with van der Waals surface area (Å²) in [5.74, 6) is 0.849. The lowest BCUT2D eigenvalue weighted by Crippen LogP contribution is -2.32. The van der Waals surface area contributed by atoms with Gasteiger partial charge in [-0.05, 0) is 5.75 Å². The molecular formula is C12H16N4O4S. The fraction of sp³-hybridized carbons (Fsp3) is 0.583. The summed E-state index contributed by atoms with van der Waals surface area (Å²) in [6, 6.07) is 0. The number of thioether (sulfide) groups is 1. The molecule has 9 heteroatoms. The maximum absolute atomic E-state index is 10.1. The van der Waals surface area contributed by atoms with E-state index in [0.29, 0.717) is 16.7 Å². The Morgan fingerprint density at radius 2 is 2.10 bits per heavy atom. The van der Waals surface area contributed by atoms with E-state index < -0.39 is 24.4 Å². The van der Waals surface area contributed by atoms with Crippen LogP contribution in [0.5, 0.6) is 0 Å². The van der Waals surface area contributed by atoms with Crippen LogP contribution in [0.2, 0.25) is 0 Å². The molecule has 8 nitrogen and oxygen atoms in total. The second kappa shape index (κ2) is 5.85. The number of aliphatic hydroxyl groups is 3. The van der Waals surface area contributed by atoms with Crippen LogP contribution in [0.3, 0.4) is 0 Å². The van der Waals surface area contributed by atoms with Gasteiger partial charge in [-0.25, -0.2) is 9.97 Å². The molecule has 114 valence electrons. The molecule has 0 saturated carbocycles. The molecule has 0 aliphatic carbocycles. The number of H-pyrrole nitrogens is 1. The fourth-order valence-electron chi connectivity index (χ4n) is 2.41. The molecule has 0 aromatic carbocycles. The van der Waals surface area contributed by atoms with E-state index in [0.717, 1.165) is 10.8 Å². The van der Waals surface area contributed by atoms with Crippen molar-refractivity contribution in [1.29, 1.82) is 0 Å². The van der Waals surface area contributed by atoms with E-state index in [1.165, 1.54) is 6.33 Å². The molecule has 1 fully saturated rings. The van der Waals surface area contributed by atoms with Gasteiger partial charge in [0.1, 0.15) is 46.8 Å². The standard InChI is InChI=1S/C12H16N4O4S/c1-2-21-12-8-6(13-4-14-12)7(15-16-8)11-10(19)9(18)5(3-17)20-11/h4-5,9-11,17-19H,2-3H2,1H3,(H,15,16)/t5-,9-,10-,11+/m1/s1. The minimum absolute atomic E-state index is 0.368. The third-order valence-electron chi connectivity index (χ3n) is 3.44. The number of aliphatic hydroxyl groups excluding tert-OH is 3. The smallest absolute Gasteiger partial charge is 0.143 e. The molecule has 0 bridgehead atoms. The Balaban J connectivity index is 2.00. The van der Waals surface area contributed by atoms with E-state index in [4.69, 9.17) is 9.84 Å². The van der Waals surface area contributed by atoms with Crippen LogP contribution in [0.15, 0.2) is 11.4 Å². The molecule has 2 aromatic rings. The zero-order valence-electron chi connectivity index (χ0n) is 11.3.